The van der Waals surface area contributed by atoms with Crippen LogP contribution in [0.3, 0.4) is 0 Å². The molecule has 21 heavy (non-hydrogen) atoms. The van der Waals surface area contributed by atoms with Gasteiger partial charge >= 0.3 is 5.97 Å². The molecule has 1 N–H and O–H groups in total. The van der Waals surface area contributed by atoms with Gasteiger partial charge in [0, 0.05) is 0 Å². The molecule has 0 radical (unpaired) electrons. The van der Waals surface area contributed by atoms with Crippen molar-refractivity contribution in [1.82, 2.24) is 5.32 Å². The van der Waals surface area contributed by atoms with Crippen molar-refractivity contribution in [3.8, 4) is 17.2 Å². The van der Waals surface area contributed by atoms with Gasteiger partial charge in [0.05, 0.1) is 21.3 Å². The third-order valence-electron chi connectivity index (χ3n) is 3.09. The van der Waals surface area contributed by atoms with Crippen LogP contribution >= 0.6 is 0 Å². The van der Waals surface area contributed by atoms with Gasteiger partial charge in [-0.25, -0.2) is 4.79 Å². The molecule has 0 aliphatic carbocycles. The fourth-order valence-electron chi connectivity index (χ4n) is 1.97. The van der Waals surface area contributed by atoms with Crippen LogP contribution in [0.15, 0.2) is 18.2 Å². The van der Waals surface area contributed by atoms with Gasteiger partial charge < -0.3 is 18.9 Å². The molecule has 6 nitrogen and oxygen atoms in total. The predicted octanol–water partition coefficient (Wildman–Crippen LogP) is 1.62. The van der Waals surface area contributed by atoms with E-state index < -0.39 is 11.5 Å². The normalized spacial score (nSPS) is 13.2. The standard InChI is InChI=1S/C15H23NO5/c1-6-16-15(2,14(17)20-5)10-21-13-11(18-3)8-7-9-12(13)19-4/h7-9,16H,6,10H2,1-5H3. The summed E-state index contributed by atoms with van der Waals surface area (Å²) in [7, 11) is 4.44. The van der Waals surface area contributed by atoms with Gasteiger partial charge in [-0.05, 0) is 25.6 Å². The maximum Gasteiger partial charge on any atom is 0.329 e. The Kier molecular flexibility index (Phi) is 6.30. The van der Waals surface area contributed by atoms with Gasteiger partial charge in [0.15, 0.2) is 11.5 Å². The summed E-state index contributed by atoms with van der Waals surface area (Å²) in [6.07, 6.45) is 0. The molecule has 0 bridgehead atoms. The molecule has 1 atom stereocenters. The average molecular weight is 297 g/mol. The van der Waals surface area contributed by atoms with Crippen LogP contribution in [-0.4, -0.2) is 46.0 Å². The summed E-state index contributed by atoms with van der Waals surface area (Å²) in [5.74, 6) is 1.14. The van der Waals surface area contributed by atoms with E-state index >= 15 is 0 Å². The lowest BCUT2D eigenvalue weighted by atomic mass is 10.0. The number of para-hydroxylation sites is 1. The summed E-state index contributed by atoms with van der Waals surface area (Å²) in [5, 5.41) is 3.07. The summed E-state index contributed by atoms with van der Waals surface area (Å²) in [4.78, 5) is 11.9. The number of rotatable bonds is 8. The maximum absolute atomic E-state index is 11.9. The Labute approximate surface area is 125 Å². The number of carbonyl (C=O) groups excluding carboxylic acids is 1. The number of carbonyl (C=O) groups is 1. The molecule has 1 aromatic rings. The van der Waals surface area contributed by atoms with Gasteiger partial charge in [0.25, 0.3) is 0 Å². The Bertz CT molecular complexity index is 455. The van der Waals surface area contributed by atoms with Crippen LogP contribution in [0.2, 0.25) is 0 Å². The summed E-state index contributed by atoms with van der Waals surface area (Å²) in [6.45, 7) is 4.33. The highest BCUT2D eigenvalue weighted by Crippen LogP contribution is 2.37. The largest absolute Gasteiger partial charge is 0.493 e. The second-order valence-corrected chi connectivity index (χ2v) is 4.63. The van der Waals surface area contributed by atoms with Crippen molar-refractivity contribution >= 4 is 5.97 Å². The minimum Gasteiger partial charge on any atom is -0.493 e. The van der Waals surface area contributed by atoms with Crippen LogP contribution in [0.5, 0.6) is 17.2 Å². The molecule has 0 fully saturated rings. The number of ether oxygens (including phenoxy) is 4. The molecule has 1 aromatic carbocycles. The Balaban J connectivity index is 2.97. The topological polar surface area (TPSA) is 66.0 Å². The Hall–Kier alpha value is -1.95. The molecule has 6 heteroatoms. The molecule has 1 unspecified atom stereocenters. The third-order valence-corrected chi connectivity index (χ3v) is 3.09. The zero-order valence-electron chi connectivity index (χ0n) is 13.2. The van der Waals surface area contributed by atoms with E-state index in [1.807, 2.05) is 6.92 Å². The fourth-order valence-corrected chi connectivity index (χ4v) is 1.97. The van der Waals surface area contributed by atoms with Crippen molar-refractivity contribution in [1.29, 1.82) is 0 Å². The van der Waals surface area contributed by atoms with Crippen LogP contribution < -0.4 is 19.5 Å². The summed E-state index contributed by atoms with van der Waals surface area (Å²) in [6, 6.07) is 5.33. The average Bonchev–Trinajstić information content (AvgIpc) is 2.51. The molecule has 0 saturated heterocycles. The molecule has 0 aliphatic rings. The van der Waals surface area contributed by atoms with E-state index in [9.17, 15) is 4.79 Å². The highest BCUT2D eigenvalue weighted by molar-refractivity contribution is 5.80. The van der Waals surface area contributed by atoms with Crippen LogP contribution in [-0.2, 0) is 9.53 Å². The molecular weight excluding hydrogens is 274 g/mol. The molecule has 0 aliphatic heterocycles. The van der Waals surface area contributed by atoms with E-state index in [2.05, 4.69) is 5.32 Å². The first-order chi connectivity index (χ1) is 10.0. The van der Waals surface area contributed by atoms with Crippen LogP contribution in [0, 0.1) is 0 Å². The van der Waals surface area contributed by atoms with Crippen LogP contribution in [0.1, 0.15) is 13.8 Å². The SMILES string of the molecule is CCNC(C)(COc1c(OC)cccc1OC)C(=O)OC. The van der Waals surface area contributed by atoms with E-state index in [4.69, 9.17) is 18.9 Å². The van der Waals surface area contributed by atoms with E-state index in [1.54, 1.807) is 39.3 Å². The van der Waals surface area contributed by atoms with Gasteiger partial charge in [-0.15, -0.1) is 0 Å². The van der Waals surface area contributed by atoms with Crippen molar-refractivity contribution in [3.05, 3.63) is 18.2 Å². The van der Waals surface area contributed by atoms with Crippen LogP contribution in [0.25, 0.3) is 0 Å². The molecule has 1 rings (SSSR count). The highest BCUT2D eigenvalue weighted by atomic mass is 16.5. The van der Waals surface area contributed by atoms with Crippen molar-refractivity contribution in [2.45, 2.75) is 19.4 Å². The molecular formula is C15H23NO5. The van der Waals surface area contributed by atoms with E-state index in [-0.39, 0.29) is 6.61 Å². The van der Waals surface area contributed by atoms with Gasteiger partial charge in [0.1, 0.15) is 12.1 Å². The first-order valence-electron chi connectivity index (χ1n) is 6.69. The number of nitrogens with one attached hydrogen (secondary N) is 1. The highest BCUT2D eigenvalue weighted by Gasteiger charge is 2.35. The van der Waals surface area contributed by atoms with E-state index in [0.717, 1.165) is 0 Å². The molecule has 0 spiro atoms. The summed E-state index contributed by atoms with van der Waals surface area (Å²) >= 11 is 0. The molecule has 0 saturated carbocycles. The number of hydrogen-bond acceptors (Lipinski definition) is 6. The van der Waals surface area contributed by atoms with Crippen molar-refractivity contribution < 1.29 is 23.7 Å². The lowest BCUT2D eigenvalue weighted by Gasteiger charge is -2.28. The molecule has 118 valence electrons. The van der Waals surface area contributed by atoms with Crippen molar-refractivity contribution in [2.24, 2.45) is 0 Å². The fraction of sp³-hybridized carbons (Fsp3) is 0.533. The maximum atomic E-state index is 11.9. The smallest absolute Gasteiger partial charge is 0.329 e. The monoisotopic (exact) mass is 297 g/mol. The molecule has 0 amide bonds. The second kappa shape index (κ2) is 7.73. The summed E-state index contributed by atoms with van der Waals surface area (Å²) < 4.78 is 21.1. The van der Waals surface area contributed by atoms with Gasteiger partial charge in [-0.3, -0.25) is 5.32 Å². The number of methoxy groups -OCH3 is 3. The first-order valence-corrected chi connectivity index (χ1v) is 6.69. The van der Waals surface area contributed by atoms with E-state index in [1.165, 1.54) is 7.11 Å². The lowest BCUT2D eigenvalue weighted by molar-refractivity contribution is -0.149. The Morgan fingerprint density at radius 1 is 1.19 bits per heavy atom. The number of esters is 1. The second-order valence-electron chi connectivity index (χ2n) is 4.63. The minimum atomic E-state index is -0.949. The Morgan fingerprint density at radius 3 is 2.19 bits per heavy atom. The third kappa shape index (κ3) is 4.01. The molecule has 0 heterocycles. The van der Waals surface area contributed by atoms with Gasteiger partial charge in [-0.1, -0.05) is 13.0 Å². The minimum absolute atomic E-state index is 0.0875. The van der Waals surface area contributed by atoms with Gasteiger partial charge in [-0.2, -0.15) is 0 Å². The van der Waals surface area contributed by atoms with E-state index in [0.29, 0.717) is 23.8 Å². The van der Waals surface area contributed by atoms with Gasteiger partial charge in [0.2, 0.25) is 5.75 Å². The van der Waals surface area contributed by atoms with Crippen molar-refractivity contribution in [2.75, 3.05) is 34.5 Å². The number of likely N-dealkylation sites (N-methyl/N-ethyl adjacent to an activating group) is 1. The number of hydrogen-bond donors (Lipinski definition) is 1. The zero-order valence-corrected chi connectivity index (χ0v) is 13.2. The molecule has 0 aromatic heterocycles. The van der Waals surface area contributed by atoms with Crippen molar-refractivity contribution in [3.63, 3.8) is 0 Å². The number of benzene rings is 1. The lowest BCUT2D eigenvalue weighted by Crippen LogP contribution is -2.54. The zero-order chi connectivity index (χ0) is 15.9. The summed E-state index contributed by atoms with van der Waals surface area (Å²) in [5.41, 5.74) is -0.949. The van der Waals surface area contributed by atoms with Crippen LogP contribution in [0.4, 0.5) is 0 Å². The quantitative estimate of drug-likeness (QED) is 0.736. The Morgan fingerprint density at radius 2 is 1.76 bits per heavy atom. The predicted molar refractivity (Wildman–Crippen MR) is 79.1 cm³/mol. The first kappa shape index (κ1) is 17.1.